The standard InChI is InChI=1S/C19H19N3O3S2/c1-12-8-9-15(25-12)18-20-13(11-26-18)10-17(23)21-14-6-4-5-7-16(14)27-19(24)22(2)3/h4-9,11H,10H2,1-3H3,(H,21,23). The Morgan fingerprint density at radius 3 is 2.70 bits per heavy atom. The van der Waals surface area contributed by atoms with Crippen LogP contribution in [-0.4, -0.2) is 35.1 Å². The fourth-order valence-corrected chi connectivity index (χ4v) is 3.78. The third-order valence-corrected chi connectivity index (χ3v) is 5.59. The Balaban J connectivity index is 1.66. The van der Waals surface area contributed by atoms with Crippen molar-refractivity contribution in [2.45, 2.75) is 18.2 Å². The molecule has 8 heteroatoms. The zero-order valence-electron chi connectivity index (χ0n) is 15.2. The molecule has 0 aliphatic heterocycles. The zero-order valence-corrected chi connectivity index (χ0v) is 16.8. The smallest absolute Gasteiger partial charge is 0.286 e. The van der Waals surface area contributed by atoms with Gasteiger partial charge in [0.1, 0.15) is 5.76 Å². The monoisotopic (exact) mass is 401 g/mol. The highest BCUT2D eigenvalue weighted by molar-refractivity contribution is 8.13. The summed E-state index contributed by atoms with van der Waals surface area (Å²) in [4.78, 5) is 31.0. The third kappa shape index (κ3) is 4.99. The molecule has 27 heavy (non-hydrogen) atoms. The van der Waals surface area contributed by atoms with Crippen LogP contribution in [0.3, 0.4) is 0 Å². The molecule has 0 fully saturated rings. The van der Waals surface area contributed by atoms with Crippen LogP contribution in [0.1, 0.15) is 11.5 Å². The second kappa shape index (κ2) is 8.41. The number of anilines is 1. The summed E-state index contributed by atoms with van der Waals surface area (Å²) >= 11 is 2.52. The first kappa shape index (κ1) is 19.2. The highest BCUT2D eigenvalue weighted by Crippen LogP contribution is 2.29. The lowest BCUT2D eigenvalue weighted by atomic mass is 10.3. The summed E-state index contributed by atoms with van der Waals surface area (Å²) < 4.78 is 5.56. The molecule has 2 amide bonds. The van der Waals surface area contributed by atoms with E-state index in [1.54, 1.807) is 20.2 Å². The molecule has 0 saturated heterocycles. The van der Waals surface area contributed by atoms with E-state index >= 15 is 0 Å². The number of nitrogens with zero attached hydrogens (tertiary/aromatic N) is 2. The molecule has 0 spiro atoms. The van der Waals surface area contributed by atoms with Crippen molar-refractivity contribution < 1.29 is 14.0 Å². The number of carbonyl (C=O) groups excluding carboxylic acids is 2. The van der Waals surface area contributed by atoms with E-state index in [1.807, 2.05) is 42.6 Å². The summed E-state index contributed by atoms with van der Waals surface area (Å²) in [6, 6.07) is 11.0. The highest BCUT2D eigenvalue weighted by atomic mass is 32.2. The number of thioether (sulfide) groups is 1. The first-order chi connectivity index (χ1) is 12.9. The lowest BCUT2D eigenvalue weighted by Crippen LogP contribution is -2.18. The summed E-state index contributed by atoms with van der Waals surface area (Å²) in [6.45, 7) is 1.88. The Morgan fingerprint density at radius 1 is 1.22 bits per heavy atom. The van der Waals surface area contributed by atoms with E-state index in [0.717, 1.165) is 22.5 Å². The summed E-state index contributed by atoms with van der Waals surface area (Å²) in [5.41, 5.74) is 1.29. The van der Waals surface area contributed by atoms with Gasteiger partial charge in [-0.3, -0.25) is 9.59 Å². The maximum absolute atomic E-state index is 12.4. The van der Waals surface area contributed by atoms with Crippen LogP contribution < -0.4 is 5.32 Å². The van der Waals surface area contributed by atoms with Crippen molar-refractivity contribution >= 4 is 39.9 Å². The average molecular weight is 402 g/mol. The topological polar surface area (TPSA) is 75.4 Å². The van der Waals surface area contributed by atoms with Crippen molar-refractivity contribution in [3.63, 3.8) is 0 Å². The van der Waals surface area contributed by atoms with Crippen LogP contribution in [0.2, 0.25) is 0 Å². The number of amides is 2. The van der Waals surface area contributed by atoms with Gasteiger partial charge in [-0.15, -0.1) is 11.3 Å². The van der Waals surface area contributed by atoms with E-state index < -0.39 is 0 Å². The lowest BCUT2D eigenvalue weighted by Gasteiger charge is -2.12. The third-order valence-electron chi connectivity index (χ3n) is 3.57. The second-order valence-corrected chi connectivity index (χ2v) is 7.89. The van der Waals surface area contributed by atoms with E-state index in [2.05, 4.69) is 10.3 Å². The maximum Gasteiger partial charge on any atom is 0.286 e. The normalized spacial score (nSPS) is 10.6. The van der Waals surface area contributed by atoms with Gasteiger partial charge in [0, 0.05) is 24.4 Å². The van der Waals surface area contributed by atoms with Crippen molar-refractivity contribution in [3.05, 3.63) is 53.2 Å². The zero-order chi connectivity index (χ0) is 19.4. The summed E-state index contributed by atoms with van der Waals surface area (Å²) in [7, 11) is 3.38. The van der Waals surface area contributed by atoms with Crippen LogP contribution in [0.5, 0.6) is 0 Å². The molecule has 6 nitrogen and oxygen atoms in total. The number of benzene rings is 1. The van der Waals surface area contributed by atoms with Crippen molar-refractivity contribution in [3.8, 4) is 10.8 Å². The van der Waals surface area contributed by atoms with Gasteiger partial charge in [0.25, 0.3) is 5.24 Å². The number of thiazole rings is 1. The first-order valence-electron chi connectivity index (χ1n) is 8.21. The van der Waals surface area contributed by atoms with Gasteiger partial charge in [0.05, 0.1) is 17.8 Å². The molecule has 0 radical (unpaired) electrons. The number of nitrogens with one attached hydrogen (secondary N) is 1. The molecule has 0 saturated carbocycles. The number of carbonyl (C=O) groups is 2. The van der Waals surface area contributed by atoms with E-state index in [9.17, 15) is 9.59 Å². The summed E-state index contributed by atoms with van der Waals surface area (Å²) in [6.07, 6.45) is 0.150. The molecule has 3 aromatic rings. The molecule has 3 rings (SSSR count). The average Bonchev–Trinajstić information content (AvgIpc) is 3.25. The Kier molecular flexibility index (Phi) is 5.98. The number of aryl methyl sites for hydroxylation is 1. The Hall–Kier alpha value is -2.58. The minimum atomic E-state index is -0.187. The quantitative estimate of drug-likeness (QED) is 0.629. The van der Waals surface area contributed by atoms with Crippen molar-refractivity contribution in [2.24, 2.45) is 0 Å². The Bertz CT molecular complexity index is 963. The molecule has 0 aliphatic carbocycles. The molecule has 1 aromatic carbocycles. The number of hydrogen-bond donors (Lipinski definition) is 1. The van der Waals surface area contributed by atoms with Crippen molar-refractivity contribution in [1.82, 2.24) is 9.88 Å². The predicted molar refractivity (Wildman–Crippen MR) is 108 cm³/mol. The van der Waals surface area contributed by atoms with Crippen LogP contribution in [-0.2, 0) is 11.2 Å². The number of rotatable bonds is 5. The summed E-state index contributed by atoms with van der Waals surface area (Å²) in [5, 5.41) is 5.36. The number of para-hydroxylation sites is 1. The number of aromatic nitrogens is 1. The Morgan fingerprint density at radius 2 is 2.00 bits per heavy atom. The van der Waals surface area contributed by atoms with Gasteiger partial charge in [-0.2, -0.15) is 0 Å². The minimum absolute atomic E-state index is 0.102. The van der Waals surface area contributed by atoms with Gasteiger partial charge in [0.2, 0.25) is 5.91 Å². The Labute approximate surface area is 165 Å². The fourth-order valence-electron chi connectivity index (χ4n) is 2.25. The molecule has 0 unspecified atom stereocenters. The van der Waals surface area contributed by atoms with Gasteiger partial charge in [-0.05, 0) is 43.0 Å². The SMILES string of the molecule is Cc1ccc(-c2nc(CC(=O)Nc3ccccc3SC(=O)N(C)C)cs2)o1. The molecule has 0 bridgehead atoms. The molecule has 0 atom stereocenters. The fraction of sp³-hybridized carbons (Fsp3) is 0.211. The van der Waals surface area contributed by atoms with Crippen LogP contribution in [0, 0.1) is 6.92 Å². The van der Waals surface area contributed by atoms with E-state index in [-0.39, 0.29) is 17.6 Å². The van der Waals surface area contributed by atoms with Crippen LogP contribution in [0.25, 0.3) is 10.8 Å². The van der Waals surface area contributed by atoms with Gasteiger partial charge in [-0.1, -0.05) is 12.1 Å². The predicted octanol–water partition coefficient (Wildman–Crippen LogP) is 4.67. The van der Waals surface area contributed by atoms with Gasteiger partial charge in [-0.25, -0.2) is 4.98 Å². The lowest BCUT2D eigenvalue weighted by molar-refractivity contribution is -0.115. The number of furan rings is 1. The molecule has 2 heterocycles. The van der Waals surface area contributed by atoms with Gasteiger partial charge < -0.3 is 14.6 Å². The van der Waals surface area contributed by atoms with Crippen LogP contribution in [0.15, 0.2) is 51.1 Å². The largest absolute Gasteiger partial charge is 0.459 e. The van der Waals surface area contributed by atoms with E-state index in [0.29, 0.717) is 22.0 Å². The van der Waals surface area contributed by atoms with Crippen molar-refractivity contribution in [1.29, 1.82) is 0 Å². The second-order valence-electron chi connectivity index (χ2n) is 6.04. The van der Waals surface area contributed by atoms with Crippen LogP contribution >= 0.6 is 23.1 Å². The van der Waals surface area contributed by atoms with Gasteiger partial charge in [0.15, 0.2) is 10.8 Å². The first-order valence-corrected chi connectivity index (χ1v) is 9.91. The van der Waals surface area contributed by atoms with Crippen molar-refractivity contribution in [2.75, 3.05) is 19.4 Å². The molecule has 140 valence electrons. The maximum atomic E-state index is 12.4. The molecule has 2 aromatic heterocycles. The van der Waals surface area contributed by atoms with E-state index in [4.69, 9.17) is 4.42 Å². The molecular weight excluding hydrogens is 382 g/mol. The molecular formula is C19H19N3O3S2. The minimum Gasteiger partial charge on any atom is -0.459 e. The molecule has 0 aliphatic rings. The molecule has 1 N–H and O–H groups in total. The summed E-state index contributed by atoms with van der Waals surface area (Å²) in [5.74, 6) is 1.34. The van der Waals surface area contributed by atoms with Gasteiger partial charge >= 0.3 is 0 Å². The number of hydrogen-bond acceptors (Lipinski definition) is 6. The van der Waals surface area contributed by atoms with Crippen LogP contribution in [0.4, 0.5) is 10.5 Å². The van der Waals surface area contributed by atoms with E-state index in [1.165, 1.54) is 16.2 Å². The highest BCUT2D eigenvalue weighted by Gasteiger charge is 2.14.